The largest absolute Gasteiger partial charge is 0.396 e. The first-order valence-electron chi connectivity index (χ1n) is 8.08. The fourth-order valence-electron chi connectivity index (χ4n) is 4.40. The first-order valence-corrected chi connectivity index (χ1v) is 8.08. The van der Waals surface area contributed by atoms with Crippen LogP contribution < -0.4 is 0 Å². The van der Waals surface area contributed by atoms with Gasteiger partial charge in [0.05, 0.1) is 0 Å². The molecule has 0 aliphatic heterocycles. The number of rotatable bonds is 3. The molecule has 3 unspecified atom stereocenters. The molecule has 2 heteroatoms. The average molecular weight is 254 g/mol. The highest BCUT2D eigenvalue weighted by Gasteiger charge is 2.35. The Kier molecular flexibility index (Phi) is 5.97. The topological polar surface area (TPSA) is 40.5 Å². The van der Waals surface area contributed by atoms with Gasteiger partial charge in [-0.3, -0.25) is 0 Å². The van der Waals surface area contributed by atoms with E-state index in [1.165, 1.54) is 57.8 Å². The van der Waals surface area contributed by atoms with Crippen molar-refractivity contribution in [3.63, 3.8) is 0 Å². The summed E-state index contributed by atoms with van der Waals surface area (Å²) in [7, 11) is 0. The van der Waals surface area contributed by atoms with E-state index in [1.54, 1.807) is 0 Å². The van der Waals surface area contributed by atoms with Crippen LogP contribution in [0, 0.1) is 23.7 Å². The summed E-state index contributed by atoms with van der Waals surface area (Å²) in [6, 6.07) is 0. The van der Waals surface area contributed by atoms with Crippen molar-refractivity contribution >= 4 is 0 Å². The average Bonchev–Trinajstić information content (AvgIpc) is 2.78. The molecule has 106 valence electrons. The van der Waals surface area contributed by atoms with Gasteiger partial charge in [-0.1, -0.05) is 51.4 Å². The van der Waals surface area contributed by atoms with E-state index in [1.807, 2.05) is 0 Å². The molecular formula is C16H30O2. The zero-order valence-electron chi connectivity index (χ0n) is 11.7. The van der Waals surface area contributed by atoms with Crippen molar-refractivity contribution in [1.82, 2.24) is 0 Å². The predicted octanol–water partition coefficient (Wildman–Crippen LogP) is 3.36. The summed E-state index contributed by atoms with van der Waals surface area (Å²) in [5.74, 6) is 2.20. The van der Waals surface area contributed by atoms with Gasteiger partial charge >= 0.3 is 0 Å². The molecule has 0 radical (unpaired) electrons. The minimum Gasteiger partial charge on any atom is -0.396 e. The van der Waals surface area contributed by atoms with Crippen LogP contribution in [0.5, 0.6) is 0 Å². The lowest BCUT2D eigenvalue weighted by Gasteiger charge is -2.34. The van der Waals surface area contributed by atoms with Crippen molar-refractivity contribution < 1.29 is 10.2 Å². The highest BCUT2D eigenvalue weighted by atomic mass is 16.3. The molecule has 0 saturated heterocycles. The van der Waals surface area contributed by atoms with Gasteiger partial charge in [0.1, 0.15) is 0 Å². The molecular weight excluding hydrogens is 224 g/mol. The molecule has 2 rings (SSSR count). The first-order chi connectivity index (χ1) is 8.86. The van der Waals surface area contributed by atoms with Crippen LogP contribution in [0.2, 0.25) is 0 Å². The normalized spacial score (nSPS) is 36.0. The molecule has 0 spiro atoms. The van der Waals surface area contributed by atoms with Crippen molar-refractivity contribution in [3.05, 3.63) is 0 Å². The number of hydrogen-bond acceptors (Lipinski definition) is 2. The smallest absolute Gasteiger partial charge is 0.0465 e. The minimum atomic E-state index is 0.272. The van der Waals surface area contributed by atoms with E-state index in [4.69, 9.17) is 0 Å². The molecule has 2 nitrogen and oxygen atoms in total. The summed E-state index contributed by atoms with van der Waals surface area (Å²) < 4.78 is 0. The van der Waals surface area contributed by atoms with Crippen LogP contribution in [-0.4, -0.2) is 23.4 Å². The Bertz CT molecular complexity index is 221. The summed E-state index contributed by atoms with van der Waals surface area (Å²) in [5, 5.41) is 19.4. The van der Waals surface area contributed by atoms with Crippen LogP contribution in [0.3, 0.4) is 0 Å². The summed E-state index contributed by atoms with van der Waals surface area (Å²) in [6.07, 6.45) is 13.2. The van der Waals surface area contributed by atoms with E-state index in [2.05, 4.69) is 0 Å². The van der Waals surface area contributed by atoms with Crippen LogP contribution >= 0.6 is 0 Å². The maximum Gasteiger partial charge on any atom is 0.0465 e. The Balaban J connectivity index is 2.05. The van der Waals surface area contributed by atoms with Crippen molar-refractivity contribution in [2.24, 2.45) is 23.7 Å². The fourth-order valence-corrected chi connectivity index (χ4v) is 4.40. The quantitative estimate of drug-likeness (QED) is 0.758. The van der Waals surface area contributed by atoms with Gasteiger partial charge < -0.3 is 10.2 Å². The zero-order chi connectivity index (χ0) is 12.8. The molecule has 18 heavy (non-hydrogen) atoms. The van der Waals surface area contributed by atoms with Gasteiger partial charge in [-0.2, -0.15) is 0 Å². The van der Waals surface area contributed by atoms with Crippen LogP contribution in [-0.2, 0) is 0 Å². The van der Waals surface area contributed by atoms with Gasteiger partial charge in [0, 0.05) is 13.2 Å². The second-order valence-electron chi connectivity index (χ2n) is 6.49. The summed E-state index contributed by atoms with van der Waals surface area (Å²) in [4.78, 5) is 0. The Morgan fingerprint density at radius 1 is 0.667 bits per heavy atom. The molecule has 0 bridgehead atoms. The van der Waals surface area contributed by atoms with Crippen molar-refractivity contribution in [3.8, 4) is 0 Å². The molecule has 0 aromatic rings. The molecule has 2 fully saturated rings. The van der Waals surface area contributed by atoms with Crippen LogP contribution in [0.15, 0.2) is 0 Å². The van der Waals surface area contributed by atoms with Gasteiger partial charge in [-0.05, 0) is 36.5 Å². The molecule has 2 saturated carbocycles. The van der Waals surface area contributed by atoms with Crippen molar-refractivity contribution in [2.75, 3.05) is 13.2 Å². The summed E-state index contributed by atoms with van der Waals surface area (Å²) >= 11 is 0. The molecule has 2 N–H and O–H groups in total. The standard InChI is InChI=1S/C16H30O2/c17-11-14-9-5-6-10-15(16(14)12-18)13-7-3-1-2-4-8-13/h13-18H,1-12H2. The Morgan fingerprint density at radius 2 is 1.28 bits per heavy atom. The van der Waals surface area contributed by atoms with E-state index >= 15 is 0 Å². The molecule has 0 amide bonds. The SMILES string of the molecule is OCC1CCCCC(C2CCCCCC2)C1CO. The molecule has 3 atom stereocenters. The Hall–Kier alpha value is -0.0800. The van der Waals surface area contributed by atoms with E-state index in [9.17, 15) is 10.2 Å². The second kappa shape index (κ2) is 7.49. The third-order valence-electron chi connectivity index (χ3n) is 5.47. The van der Waals surface area contributed by atoms with Gasteiger partial charge in [0.15, 0.2) is 0 Å². The van der Waals surface area contributed by atoms with Crippen LogP contribution in [0.4, 0.5) is 0 Å². The van der Waals surface area contributed by atoms with Gasteiger partial charge in [0.25, 0.3) is 0 Å². The first kappa shape index (κ1) is 14.3. The lowest BCUT2D eigenvalue weighted by Crippen LogP contribution is -2.32. The summed E-state index contributed by atoms with van der Waals surface area (Å²) in [6.45, 7) is 0.556. The molecule has 0 aromatic carbocycles. The molecule has 0 heterocycles. The van der Waals surface area contributed by atoms with Gasteiger partial charge in [0.2, 0.25) is 0 Å². The number of hydrogen-bond donors (Lipinski definition) is 2. The maximum absolute atomic E-state index is 9.78. The number of aliphatic hydroxyl groups is 2. The van der Waals surface area contributed by atoms with E-state index in [0.29, 0.717) is 17.8 Å². The van der Waals surface area contributed by atoms with Crippen LogP contribution in [0.1, 0.15) is 64.2 Å². The third kappa shape index (κ3) is 3.48. The Morgan fingerprint density at radius 3 is 1.89 bits per heavy atom. The zero-order valence-corrected chi connectivity index (χ0v) is 11.7. The highest BCUT2D eigenvalue weighted by Crippen LogP contribution is 2.42. The van der Waals surface area contributed by atoms with Crippen LogP contribution in [0.25, 0.3) is 0 Å². The predicted molar refractivity (Wildman–Crippen MR) is 74.3 cm³/mol. The minimum absolute atomic E-state index is 0.272. The third-order valence-corrected chi connectivity index (χ3v) is 5.47. The molecule has 2 aliphatic carbocycles. The van der Waals surface area contributed by atoms with E-state index < -0.39 is 0 Å². The monoisotopic (exact) mass is 254 g/mol. The fraction of sp³-hybridized carbons (Fsp3) is 1.00. The van der Waals surface area contributed by atoms with Gasteiger partial charge in [-0.15, -0.1) is 0 Å². The maximum atomic E-state index is 9.78. The van der Waals surface area contributed by atoms with Crippen molar-refractivity contribution in [1.29, 1.82) is 0 Å². The lowest BCUT2D eigenvalue weighted by molar-refractivity contribution is 0.0532. The van der Waals surface area contributed by atoms with Crippen molar-refractivity contribution in [2.45, 2.75) is 64.2 Å². The summed E-state index contributed by atoms with van der Waals surface area (Å²) in [5.41, 5.74) is 0. The van der Waals surface area contributed by atoms with E-state index in [-0.39, 0.29) is 13.2 Å². The highest BCUT2D eigenvalue weighted by molar-refractivity contribution is 4.85. The van der Waals surface area contributed by atoms with E-state index in [0.717, 1.165) is 12.3 Å². The Labute approximate surface area is 112 Å². The van der Waals surface area contributed by atoms with Gasteiger partial charge in [-0.25, -0.2) is 0 Å². The number of aliphatic hydroxyl groups excluding tert-OH is 2. The second-order valence-corrected chi connectivity index (χ2v) is 6.49. The molecule has 2 aliphatic rings. The lowest BCUT2D eigenvalue weighted by atomic mass is 9.72. The molecule has 0 aromatic heterocycles.